The maximum Gasteiger partial charge on any atom is 0.0457 e. The molecular weight excluding hydrogens is 246 g/mol. The minimum absolute atomic E-state index is 0.689. The number of nitrogens with one attached hydrogen (secondary N) is 2. The summed E-state index contributed by atoms with van der Waals surface area (Å²) in [5, 5.41) is 4.99. The molecule has 3 rings (SSSR count). The first-order chi connectivity index (χ1) is 9.74. The molecule has 1 aromatic heterocycles. The van der Waals surface area contributed by atoms with Crippen LogP contribution in [-0.2, 0) is 6.54 Å². The Morgan fingerprint density at radius 2 is 2.25 bits per heavy atom. The van der Waals surface area contributed by atoms with Crippen LogP contribution in [0.3, 0.4) is 0 Å². The van der Waals surface area contributed by atoms with Gasteiger partial charge in [-0.2, -0.15) is 0 Å². The zero-order valence-electron chi connectivity index (χ0n) is 12.5. The van der Waals surface area contributed by atoms with Crippen LogP contribution in [0.4, 0.5) is 0 Å². The number of aromatic amines is 1. The fourth-order valence-corrected chi connectivity index (χ4v) is 3.21. The molecule has 0 radical (unpaired) electrons. The van der Waals surface area contributed by atoms with E-state index >= 15 is 0 Å². The van der Waals surface area contributed by atoms with E-state index in [9.17, 15) is 0 Å². The number of H-pyrrole nitrogens is 1. The molecule has 3 nitrogen and oxygen atoms in total. The molecule has 3 heteroatoms. The second-order valence-electron chi connectivity index (χ2n) is 6.23. The molecule has 0 saturated carbocycles. The fraction of sp³-hybridized carbons (Fsp3) is 0.529. The van der Waals surface area contributed by atoms with Gasteiger partial charge in [-0.3, -0.25) is 0 Å². The molecule has 1 saturated heterocycles. The van der Waals surface area contributed by atoms with Crippen molar-refractivity contribution >= 4 is 10.9 Å². The molecule has 1 aromatic carbocycles. The highest BCUT2D eigenvalue weighted by Gasteiger charge is 2.23. The summed E-state index contributed by atoms with van der Waals surface area (Å²) in [6.45, 7) is 9.19. The molecule has 108 valence electrons. The van der Waals surface area contributed by atoms with Crippen LogP contribution in [0.15, 0.2) is 30.5 Å². The van der Waals surface area contributed by atoms with E-state index in [4.69, 9.17) is 0 Å². The molecule has 1 unspecified atom stereocenters. The van der Waals surface area contributed by atoms with Crippen LogP contribution in [0.25, 0.3) is 10.9 Å². The third kappa shape index (κ3) is 2.89. The predicted octanol–water partition coefficient (Wildman–Crippen LogP) is 2.99. The Kier molecular flexibility index (Phi) is 4.08. The Balaban J connectivity index is 1.52. The lowest BCUT2D eigenvalue weighted by molar-refractivity contribution is 0.264. The lowest BCUT2D eigenvalue weighted by Crippen LogP contribution is -2.30. The van der Waals surface area contributed by atoms with E-state index in [0.717, 1.165) is 19.0 Å². The smallest absolute Gasteiger partial charge is 0.0457 e. The van der Waals surface area contributed by atoms with Gasteiger partial charge in [0.15, 0.2) is 0 Å². The molecule has 1 aliphatic rings. The van der Waals surface area contributed by atoms with Crippen LogP contribution in [0.2, 0.25) is 0 Å². The molecule has 0 amide bonds. The number of hydrogen-bond donors (Lipinski definition) is 2. The number of nitrogens with zero attached hydrogens (tertiary/aromatic N) is 1. The van der Waals surface area contributed by atoms with Gasteiger partial charge in [-0.05, 0) is 57.0 Å². The number of benzene rings is 1. The molecule has 20 heavy (non-hydrogen) atoms. The van der Waals surface area contributed by atoms with Crippen molar-refractivity contribution < 1.29 is 0 Å². The largest absolute Gasteiger partial charge is 0.361 e. The normalized spacial score (nSPS) is 20.2. The zero-order valence-corrected chi connectivity index (χ0v) is 12.5. The average Bonchev–Trinajstić information content (AvgIpc) is 3.07. The number of aromatic nitrogens is 1. The van der Waals surface area contributed by atoms with Gasteiger partial charge in [0.2, 0.25) is 0 Å². The van der Waals surface area contributed by atoms with E-state index in [1.165, 1.54) is 36.0 Å². The van der Waals surface area contributed by atoms with Crippen LogP contribution in [0.5, 0.6) is 0 Å². The van der Waals surface area contributed by atoms with Crippen molar-refractivity contribution in [3.63, 3.8) is 0 Å². The molecule has 2 N–H and O–H groups in total. The van der Waals surface area contributed by atoms with Crippen LogP contribution < -0.4 is 5.32 Å². The van der Waals surface area contributed by atoms with Gasteiger partial charge in [0.05, 0.1) is 0 Å². The molecule has 1 atom stereocenters. The van der Waals surface area contributed by atoms with Crippen molar-refractivity contribution in [1.29, 1.82) is 0 Å². The Morgan fingerprint density at radius 3 is 3.05 bits per heavy atom. The van der Waals surface area contributed by atoms with Gasteiger partial charge < -0.3 is 15.2 Å². The quantitative estimate of drug-likeness (QED) is 0.876. The standard InChI is InChI=1S/C17H25N3/c1-13(2)20-9-7-14(12-20)10-18-11-15-4-3-5-17-16(15)6-8-19-17/h3-6,8,13-14,18-19H,7,9-12H2,1-2H3. The minimum Gasteiger partial charge on any atom is -0.361 e. The van der Waals surface area contributed by atoms with E-state index in [1.807, 2.05) is 6.20 Å². The fourth-order valence-electron chi connectivity index (χ4n) is 3.21. The van der Waals surface area contributed by atoms with Gasteiger partial charge in [0.1, 0.15) is 0 Å². The van der Waals surface area contributed by atoms with Crippen molar-refractivity contribution in [2.75, 3.05) is 19.6 Å². The van der Waals surface area contributed by atoms with Gasteiger partial charge in [-0.15, -0.1) is 0 Å². The summed E-state index contributed by atoms with van der Waals surface area (Å²) >= 11 is 0. The molecule has 2 heterocycles. The average molecular weight is 271 g/mol. The maximum absolute atomic E-state index is 3.64. The van der Waals surface area contributed by atoms with Crippen LogP contribution in [-0.4, -0.2) is 35.6 Å². The SMILES string of the molecule is CC(C)N1CCC(CNCc2cccc3[nH]ccc23)C1. The van der Waals surface area contributed by atoms with Gasteiger partial charge >= 0.3 is 0 Å². The summed E-state index contributed by atoms with van der Waals surface area (Å²) in [5.74, 6) is 0.808. The summed E-state index contributed by atoms with van der Waals surface area (Å²) in [7, 11) is 0. The topological polar surface area (TPSA) is 31.1 Å². The third-order valence-electron chi connectivity index (χ3n) is 4.48. The highest BCUT2D eigenvalue weighted by molar-refractivity contribution is 5.82. The molecule has 1 aliphatic heterocycles. The number of hydrogen-bond acceptors (Lipinski definition) is 2. The lowest BCUT2D eigenvalue weighted by Gasteiger charge is -2.20. The van der Waals surface area contributed by atoms with Crippen molar-refractivity contribution in [2.45, 2.75) is 32.9 Å². The Morgan fingerprint density at radius 1 is 1.35 bits per heavy atom. The molecular formula is C17H25N3. The minimum atomic E-state index is 0.689. The van der Waals surface area contributed by atoms with Crippen molar-refractivity contribution in [1.82, 2.24) is 15.2 Å². The molecule has 0 aliphatic carbocycles. The monoisotopic (exact) mass is 271 g/mol. The maximum atomic E-state index is 3.64. The molecule has 2 aromatic rings. The number of rotatable bonds is 5. The summed E-state index contributed by atoms with van der Waals surface area (Å²) in [4.78, 5) is 5.86. The van der Waals surface area contributed by atoms with Crippen molar-refractivity contribution in [3.8, 4) is 0 Å². The number of likely N-dealkylation sites (tertiary alicyclic amines) is 1. The Bertz CT molecular complexity index is 558. The third-order valence-corrected chi connectivity index (χ3v) is 4.48. The van der Waals surface area contributed by atoms with Crippen LogP contribution in [0, 0.1) is 5.92 Å². The molecule has 0 spiro atoms. The Labute approximate surface area is 121 Å². The molecule has 1 fully saturated rings. The second-order valence-corrected chi connectivity index (χ2v) is 6.23. The highest BCUT2D eigenvalue weighted by Crippen LogP contribution is 2.19. The van der Waals surface area contributed by atoms with Gasteiger partial charge in [0.25, 0.3) is 0 Å². The highest BCUT2D eigenvalue weighted by atomic mass is 15.2. The van der Waals surface area contributed by atoms with E-state index < -0.39 is 0 Å². The summed E-state index contributed by atoms with van der Waals surface area (Å²) < 4.78 is 0. The molecule has 0 bridgehead atoms. The van der Waals surface area contributed by atoms with E-state index in [0.29, 0.717) is 6.04 Å². The lowest BCUT2D eigenvalue weighted by atomic mass is 10.1. The van der Waals surface area contributed by atoms with E-state index in [1.54, 1.807) is 0 Å². The van der Waals surface area contributed by atoms with Crippen molar-refractivity contribution in [3.05, 3.63) is 36.0 Å². The van der Waals surface area contributed by atoms with Crippen LogP contribution in [0.1, 0.15) is 25.8 Å². The van der Waals surface area contributed by atoms with E-state index in [-0.39, 0.29) is 0 Å². The van der Waals surface area contributed by atoms with Crippen LogP contribution >= 0.6 is 0 Å². The van der Waals surface area contributed by atoms with Crippen molar-refractivity contribution in [2.24, 2.45) is 5.92 Å². The van der Waals surface area contributed by atoms with Gasteiger partial charge in [0, 0.05) is 36.2 Å². The Hall–Kier alpha value is -1.32. The number of fused-ring (bicyclic) bond motifs is 1. The van der Waals surface area contributed by atoms with E-state index in [2.05, 4.69) is 53.3 Å². The second kappa shape index (κ2) is 5.98. The van der Waals surface area contributed by atoms with Gasteiger partial charge in [-0.25, -0.2) is 0 Å². The first-order valence-corrected chi connectivity index (χ1v) is 7.74. The summed E-state index contributed by atoms with van der Waals surface area (Å²) in [6.07, 6.45) is 3.35. The summed E-state index contributed by atoms with van der Waals surface area (Å²) in [6, 6.07) is 9.34. The first kappa shape index (κ1) is 13.7. The first-order valence-electron chi connectivity index (χ1n) is 7.74. The van der Waals surface area contributed by atoms with Gasteiger partial charge in [-0.1, -0.05) is 12.1 Å². The summed E-state index contributed by atoms with van der Waals surface area (Å²) in [5.41, 5.74) is 2.62. The zero-order chi connectivity index (χ0) is 13.9. The predicted molar refractivity (Wildman–Crippen MR) is 84.8 cm³/mol.